The third kappa shape index (κ3) is 3.59. The normalized spacial score (nSPS) is 19.3. The zero-order valence-electron chi connectivity index (χ0n) is 15.8. The Morgan fingerprint density at radius 1 is 1.24 bits per heavy atom. The zero-order valence-corrected chi connectivity index (χ0v) is 16.6. The van der Waals surface area contributed by atoms with Crippen LogP contribution in [0.4, 0.5) is 11.4 Å². The fourth-order valence-corrected chi connectivity index (χ4v) is 3.87. The molecule has 3 rings (SSSR count). The second-order valence-electron chi connectivity index (χ2n) is 7.69. The van der Waals surface area contributed by atoms with E-state index in [9.17, 15) is 0 Å². The molecule has 2 aromatic rings. The monoisotopic (exact) mass is 354 g/mol. The van der Waals surface area contributed by atoms with Gasteiger partial charge in [0.25, 0.3) is 0 Å². The van der Waals surface area contributed by atoms with Crippen LogP contribution in [0, 0.1) is 0 Å². The number of hydrogen-bond acceptors (Lipinski definition) is 2. The summed E-state index contributed by atoms with van der Waals surface area (Å²) < 4.78 is 0. The first-order valence-electron chi connectivity index (χ1n) is 9.02. The number of rotatable bonds is 3. The summed E-state index contributed by atoms with van der Waals surface area (Å²) >= 11 is 6.56. The summed E-state index contributed by atoms with van der Waals surface area (Å²) in [6.07, 6.45) is 4.06. The van der Waals surface area contributed by atoms with Gasteiger partial charge in [-0.1, -0.05) is 37.6 Å². The van der Waals surface area contributed by atoms with Gasteiger partial charge in [-0.25, -0.2) is 0 Å². The number of aryl methyl sites for hydroxylation is 1. The van der Waals surface area contributed by atoms with Crippen molar-refractivity contribution in [3.8, 4) is 0 Å². The van der Waals surface area contributed by atoms with Crippen LogP contribution in [0.5, 0.6) is 0 Å². The van der Waals surface area contributed by atoms with Crippen molar-refractivity contribution in [2.75, 3.05) is 11.9 Å². The van der Waals surface area contributed by atoms with Gasteiger partial charge in [-0.15, -0.1) is 0 Å². The molecule has 0 saturated heterocycles. The Morgan fingerprint density at radius 2 is 1.92 bits per heavy atom. The first-order valence-corrected chi connectivity index (χ1v) is 9.40. The van der Waals surface area contributed by atoms with Crippen molar-refractivity contribution in [1.82, 2.24) is 0 Å². The molecule has 3 heteroatoms. The Bertz CT molecular complexity index is 790. The van der Waals surface area contributed by atoms with E-state index >= 15 is 0 Å². The van der Waals surface area contributed by atoms with Crippen molar-refractivity contribution in [2.24, 2.45) is 4.99 Å². The molecule has 0 aromatic heterocycles. The van der Waals surface area contributed by atoms with Gasteiger partial charge in [-0.3, -0.25) is 4.99 Å². The maximum Gasteiger partial charge on any atom is 0.0630 e. The van der Waals surface area contributed by atoms with E-state index in [1.54, 1.807) is 0 Å². The Morgan fingerprint density at radius 3 is 2.56 bits per heavy atom. The molecule has 0 amide bonds. The van der Waals surface area contributed by atoms with E-state index in [0.29, 0.717) is 5.92 Å². The highest BCUT2D eigenvalue weighted by Gasteiger charge is 2.34. The third-order valence-corrected chi connectivity index (χ3v) is 5.78. The average Bonchev–Trinajstić information content (AvgIpc) is 2.58. The molecule has 2 aromatic carbocycles. The van der Waals surface area contributed by atoms with Gasteiger partial charge in [0, 0.05) is 30.1 Å². The van der Waals surface area contributed by atoms with Crippen LogP contribution < -0.4 is 4.90 Å². The highest BCUT2D eigenvalue weighted by Crippen LogP contribution is 2.44. The predicted octanol–water partition coefficient (Wildman–Crippen LogP) is 6.38. The van der Waals surface area contributed by atoms with E-state index in [2.05, 4.69) is 81.0 Å². The van der Waals surface area contributed by atoms with E-state index in [4.69, 9.17) is 11.6 Å². The standard InChI is InChI=1S/C22H27ClN2/c1-6-16-7-9-18(10-8-16)24-14-17-11-19-15(2)13-22(3,4)25(5)21(19)12-20(17)23/h7-12,14-15H,6,13H2,1-5H3/t15-/m1/s1. The molecule has 0 radical (unpaired) electrons. The van der Waals surface area contributed by atoms with Crippen LogP contribution in [0.25, 0.3) is 0 Å². The number of fused-ring (bicyclic) bond motifs is 1. The number of aliphatic imine (C=N–C) groups is 1. The summed E-state index contributed by atoms with van der Waals surface area (Å²) in [5.41, 5.74) is 6.00. The van der Waals surface area contributed by atoms with E-state index in [1.165, 1.54) is 16.8 Å². The second-order valence-corrected chi connectivity index (χ2v) is 8.09. The molecular formula is C22H27ClN2. The van der Waals surface area contributed by atoms with Gasteiger partial charge in [0.05, 0.1) is 10.7 Å². The quantitative estimate of drug-likeness (QED) is 0.584. The van der Waals surface area contributed by atoms with E-state index < -0.39 is 0 Å². The summed E-state index contributed by atoms with van der Waals surface area (Å²) in [5.74, 6) is 0.509. The SMILES string of the molecule is CCc1ccc(N=Cc2cc3c(cc2Cl)N(C)C(C)(C)C[C@H]3C)cc1. The Hall–Kier alpha value is -1.80. The van der Waals surface area contributed by atoms with E-state index in [-0.39, 0.29) is 5.54 Å². The van der Waals surface area contributed by atoms with Gasteiger partial charge in [-0.2, -0.15) is 0 Å². The van der Waals surface area contributed by atoms with Crippen LogP contribution in [0.2, 0.25) is 5.02 Å². The number of anilines is 1. The lowest BCUT2D eigenvalue weighted by molar-refractivity contribution is 0.395. The van der Waals surface area contributed by atoms with Gasteiger partial charge in [-0.05, 0) is 68.0 Å². The lowest BCUT2D eigenvalue weighted by Crippen LogP contribution is -2.45. The molecule has 0 saturated carbocycles. The highest BCUT2D eigenvalue weighted by molar-refractivity contribution is 6.33. The smallest absolute Gasteiger partial charge is 0.0630 e. The van der Waals surface area contributed by atoms with Crippen LogP contribution in [0.15, 0.2) is 41.4 Å². The molecule has 1 heterocycles. The molecular weight excluding hydrogens is 328 g/mol. The first kappa shape index (κ1) is 18.0. The van der Waals surface area contributed by atoms with Crippen molar-refractivity contribution in [3.05, 3.63) is 58.1 Å². The fraction of sp³-hybridized carbons (Fsp3) is 0.409. The summed E-state index contributed by atoms with van der Waals surface area (Å²) in [5, 5.41) is 0.754. The van der Waals surface area contributed by atoms with Crippen molar-refractivity contribution in [3.63, 3.8) is 0 Å². The van der Waals surface area contributed by atoms with Crippen molar-refractivity contribution in [2.45, 2.75) is 52.0 Å². The van der Waals surface area contributed by atoms with Gasteiger partial charge in [0.2, 0.25) is 0 Å². The zero-order chi connectivity index (χ0) is 18.2. The van der Waals surface area contributed by atoms with Gasteiger partial charge in [0.15, 0.2) is 0 Å². The van der Waals surface area contributed by atoms with Crippen molar-refractivity contribution >= 4 is 29.2 Å². The molecule has 1 aliphatic heterocycles. The van der Waals surface area contributed by atoms with Gasteiger partial charge < -0.3 is 4.90 Å². The van der Waals surface area contributed by atoms with Crippen molar-refractivity contribution < 1.29 is 0 Å². The van der Waals surface area contributed by atoms with Crippen LogP contribution in [0.1, 0.15) is 56.7 Å². The first-order chi connectivity index (χ1) is 11.8. The topological polar surface area (TPSA) is 15.6 Å². The molecule has 0 aliphatic carbocycles. The van der Waals surface area contributed by atoms with Gasteiger partial charge >= 0.3 is 0 Å². The molecule has 132 valence electrons. The number of nitrogens with zero attached hydrogens (tertiary/aromatic N) is 2. The van der Waals surface area contributed by atoms with Crippen LogP contribution >= 0.6 is 11.6 Å². The lowest BCUT2D eigenvalue weighted by Gasteiger charge is -2.45. The Labute approximate surface area is 156 Å². The molecule has 0 fully saturated rings. The van der Waals surface area contributed by atoms with Gasteiger partial charge in [0.1, 0.15) is 0 Å². The molecule has 1 atom stereocenters. The largest absolute Gasteiger partial charge is 0.369 e. The van der Waals surface area contributed by atoms with E-state index in [0.717, 1.165) is 29.1 Å². The van der Waals surface area contributed by atoms with Crippen molar-refractivity contribution in [1.29, 1.82) is 0 Å². The fourth-order valence-electron chi connectivity index (χ4n) is 3.67. The molecule has 0 N–H and O–H groups in total. The van der Waals surface area contributed by atoms with Crippen LogP contribution in [0.3, 0.4) is 0 Å². The molecule has 0 unspecified atom stereocenters. The minimum Gasteiger partial charge on any atom is -0.369 e. The third-order valence-electron chi connectivity index (χ3n) is 5.45. The summed E-state index contributed by atoms with van der Waals surface area (Å²) in [7, 11) is 2.16. The maximum absolute atomic E-state index is 6.56. The number of benzene rings is 2. The molecule has 1 aliphatic rings. The van der Waals surface area contributed by atoms with Crippen LogP contribution in [-0.4, -0.2) is 18.8 Å². The minimum absolute atomic E-state index is 0.145. The molecule has 0 spiro atoms. The van der Waals surface area contributed by atoms with Crippen LogP contribution in [-0.2, 0) is 6.42 Å². The average molecular weight is 355 g/mol. The minimum atomic E-state index is 0.145. The number of halogens is 1. The maximum atomic E-state index is 6.56. The predicted molar refractivity (Wildman–Crippen MR) is 110 cm³/mol. The number of hydrogen-bond donors (Lipinski definition) is 0. The summed E-state index contributed by atoms with van der Waals surface area (Å²) in [4.78, 5) is 6.96. The second kappa shape index (κ2) is 6.84. The summed E-state index contributed by atoms with van der Waals surface area (Å²) in [6.45, 7) is 9.03. The highest BCUT2D eigenvalue weighted by atomic mass is 35.5. The molecule has 2 nitrogen and oxygen atoms in total. The Balaban J connectivity index is 1.93. The summed E-state index contributed by atoms with van der Waals surface area (Å²) in [6, 6.07) is 12.7. The molecule has 25 heavy (non-hydrogen) atoms. The lowest BCUT2D eigenvalue weighted by atomic mass is 9.80. The molecule has 0 bridgehead atoms. The van der Waals surface area contributed by atoms with E-state index in [1.807, 2.05) is 6.21 Å². The Kier molecular flexibility index (Phi) is 4.92.